The molecule has 70 valence electrons. The van der Waals surface area contributed by atoms with Crippen LogP contribution in [0.25, 0.3) is 0 Å². The first kappa shape index (κ1) is 9.61. The Morgan fingerprint density at radius 1 is 1.33 bits per heavy atom. The molecule has 12 heavy (non-hydrogen) atoms. The summed E-state index contributed by atoms with van der Waals surface area (Å²) in [7, 11) is 0. The first-order valence-electron chi connectivity index (χ1n) is 3.85. The summed E-state index contributed by atoms with van der Waals surface area (Å²) < 4.78 is 23.8. The third-order valence-corrected chi connectivity index (χ3v) is 1.40. The van der Waals surface area contributed by atoms with E-state index in [-0.39, 0.29) is 24.3 Å². The van der Waals surface area contributed by atoms with Crippen LogP contribution in [0.3, 0.4) is 0 Å². The molecule has 1 aliphatic rings. The topological polar surface area (TPSA) is 12.5 Å². The zero-order valence-electron chi connectivity index (χ0n) is 7.53. The lowest BCUT2D eigenvalue weighted by Crippen LogP contribution is -2.45. The summed E-state index contributed by atoms with van der Waals surface area (Å²) in [6.45, 7) is 6.14. The predicted octanol–water partition coefficient (Wildman–Crippen LogP) is 2.18. The van der Waals surface area contributed by atoms with Crippen LogP contribution in [-0.4, -0.2) is 23.8 Å². The van der Waals surface area contributed by atoms with Crippen LogP contribution >= 0.6 is 0 Å². The van der Waals surface area contributed by atoms with E-state index in [0.717, 1.165) is 0 Å². The van der Waals surface area contributed by atoms with Gasteiger partial charge in [-0.2, -0.15) is 13.8 Å². The molecule has 0 atom stereocenters. The predicted molar refractivity (Wildman–Crippen MR) is 41.7 cm³/mol. The molecule has 4 heteroatoms. The number of halogens is 2. The third-order valence-electron chi connectivity index (χ3n) is 1.40. The number of hydroxylamine groups is 2. The van der Waals surface area contributed by atoms with E-state index in [1.807, 2.05) is 20.8 Å². The van der Waals surface area contributed by atoms with Gasteiger partial charge in [-0.15, -0.1) is 0 Å². The summed E-state index contributed by atoms with van der Waals surface area (Å²) in [5.41, 5.74) is -0.113. The monoisotopic (exact) mass is 177 g/mol. The van der Waals surface area contributed by atoms with Crippen molar-refractivity contribution in [1.82, 2.24) is 5.06 Å². The van der Waals surface area contributed by atoms with Gasteiger partial charge in [0.25, 0.3) is 6.08 Å². The summed E-state index contributed by atoms with van der Waals surface area (Å²) in [5.74, 6) is 0. The quantitative estimate of drug-likeness (QED) is 0.608. The maximum Gasteiger partial charge on any atom is 0.272 e. The second kappa shape index (κ2) is 3.11. The van der Waals surface area contributed by atoms with Crippen LogP contribution < -0.4 is 0 Å². The number of nitrogens with zero attached hydrogens (tertiary/aromatic N) is 1. The van der Waals surface area contributed by atoms with Crippen molar-refractivity contribution in [2.75, 3.05) is 13.1 Å². The molecule has 0 amide bonds. The van der Waals surface area contributed by atoms with Crippen LogP contribution in [0.2, 0.25) is 0 Å². The second-order valence-corrected chi connectivity index (χ2v) is 3.87. The summed E-state index contributed by atoms with van der Waals surface area (Å²) in [4.78, 5) is 5.32. The van der Waals surface area contributed by atoms with Gasteiger partial charge < -0.3 is 0 Å². The first-order valence-corrected chi connectivity index (χ1v) is 3.85. The van der Waals surface area contributed by atoms with Crippen LogP contribution in [0.5, 0.6) is 0 Å². The van der Waals surface area contributed by atoms with Crippen molar-refractivity contribution < 1.29 is 13.6 Å². The lowest BCUT2D eigenvalue weighted by molar-refractivity contribution is -0.241. The molecule has 0 spiro atoms. The van der Waals surface area contributed by atoms with Gasteiger partial charge in [0.1, 0.15) is 0 Å². The number of hydrogen-bond acceptors (Lipinski definition) is 2. The van der Waals surface area contributed by atoms with Gasteiger partial charge in [0.05, 0.1) is 18.7 Å². The minimum absolute atomic E-state index is 0.180. The Morgan fingerprint density at radius 3 is 2.17 bits per heavy atom. The molecule has 0 aromatic carbocycles. The Balaban J connectivity index is 2.32. The van der Waals surface area contributed by atoms with E-state index in [4.69, 9.17) is 4.84 Å². The highest BCUT2D eigenvalue weighted by Gasteiger charge is 2.28. The van der Waals surface area contributed by atoms with Crippen molar-refractivity contribution in [1.29, 1.82) is 0 Å². The lowest BCUT2D eigenvalue weighted by Gasteiger charge is -2.37. The summed E-state index contributed by atoms with van der Waals surface area (Å²) in [6, 6.07) is 0. The molecule has 0 unspecified atom stereocenters. The fourth-order valence-corrected chi connectivity index (χ4v) is 0.951. The standard InChI is InChI=1S/C8H13F2NO/c1-8(2,3)12-11-4-6(5-11)7(9)10/h4-5H2,1-3H3. The largest absolute Gasteiger partial charge is 0.293 e. The van der Waals surface area contributed by atoms with Crippen molar-refractivity contribution in [3.05, 3.63) is 11.7 Å². The minimum atomic E-state index is -1.57. The fourth-order valence-electron chi connectivity index (χ4n) is 0.951. The van der Waals surface area contributed by atoms with Gasteiger partial charge in [-0.3, -0.25) is 4.84 Å². The molecular formula is C8H13F2NO. The maximum absolute atomic E-state index is 11.9. The van der Waals surface area contributed by atoms with Crippen LogP contribution in [0.1, 0.15) is 20.8 Å². The average Bonchev–Trinajstić information content (AvgIpc) is 1.74. The lowest BCUT2D eigenvalue weighted by atomic mass is 10.1. The molecule has 1 rings (SSSR count). The van der Waals surface area contributed by atoms with Gasteiger partial charge in [-0.1, -0.05) is 0 Å². The molecule has 1 aliphatic heterocycles. The van der Waals surface area contributed by atoms with E-state index in [1.54, 1.807) is 0 Å². The molecule has 1 saturated heterocycles. The summed E-state index contributed by atoms with van der Waals surface area (Å²) >= 11 is 0. The maximum atomic E-state index is 11.9. The molecule has 0 aromatic rings. The Hall–Kier alpha value is -0.480. The van der Waals surface area contributed by atoms with E-state index >= 15 is 0 Å². The smallest absolute Gasteiger partial charge is 0.272 e. The summed E-state index contributed by atoms with van der Waals surface area (Å²) in [5, 5.41) is 1.54. The van der Waals surface area contributed by atoms with Gasteiger partial charge in [0.2, 0.25) is 0 Å². The minimum Gasteiger partial charge on any atom is -0.293 e. The summed E-state index contributed by atoms with van der Waals surface area (Å²) in [6.07, 6.45) is -1.57. The number of rotatable bonds is 1. The van der Waals surface area contributed by atoms with E-state index < -0.39 is 6.08 Å². The van der Waals surface area contributed by atoms with E-state index in [0.29, 0.717) is 0 Å². The normalized spacial score (nSPS) is 19.2. The van der Waals surface area contributed by atoms with Gasteiger partial charge >= 0.3 is 0 Å². The Bertz CT molecular complexity index is 196. The van der Waals surface area contributed by atoms with Gasteiger partial charge in [0, 0.05) is 5.57 Å². The van der Waals surface area contributed by atoms with Crippen molar-refractivity contribution >= 4 is 0 Å². The van der Waals surface area contributed by atoms with Gasteiger partial charge in [-0.05, 0) is 20.8 Å². The highest BCUT2D eigenvalue weighted by Crippen LogP contribution is 2.23. The van der Waals surface area contributed by atoms with Crippen molar-refractivity contribution in [3.63, 3.8) is 0 Å². The van der Waals surface area contributed by atoms with E-state index in [1.165, 1.54) is 5.06 Å². The van der Waals surface area contributed by atoms with Crippen LogP contribution in [0.4, 0.5) is 8.78 Å². The molecule has 2 nitrogen and oxygen atoms in total. The molecule has 0 aromatic heterocycles. The Morgan fingerprint density at radius 2 is 1.83 bits per heavy atom. The third kappa shape index (κ3) is 2.53. The van der Waals surface area contributed by atoms with Crippen molar-refractivity contribution in [3.8, 4) is 0 Å². The SMILES string of the molecule is CC(C)(C)ON1CC(=C(F)F)C1. The molecule has 0 aliphatic carbocycles. The average molecular weight is 177 g/mol. The fraction of sp³-hybridized carbons (Fsp3) is 0.750. The van der Waals surface area contributed by atoms with Gasteiger partial charge in [0.15, 0.2) is 0 Å². The first-order chi connectivity index (χ1) is 5.38. The molecule has 0 saturated carbocycles. The zero-order chi connectivity index (χ0) is 9.35. The molecule has 0 bridgehead atoms. The highest BCUT2D eigenvalue weighted by molar-refractivity contribution is 5.13. The molecule has 1 heterocycles. The second-order valence-electron chi connectivity index (χ2n) is 3.87. The van der Waals surface area contributed by atoms with Crippen LogP contribution in [0.15, 0.2) is 11.7 Å². The number of hydrogen-bond donors (Lipinski definition) is 0. The zero-order valence-corrected chi connectivity index (χ0v) is 7.53. The van der Waals surface area contributed by atoms with Gasteiger partial charge in [-0.25, -0.2) is 0 Å². The van der Waals surface area contributed by atoms with Crippen molar-refractivity contribution in [2.45, 2.75) is 26.4 Å². The van der Waals surface area contributed by atoms with Crippen LogP contribution in [0, 0.1) is 0 Å². The van der Waals surface area contributed by atoms with E-state index in [9.17, 15) is 8.78 Å². The Labute approximate surface area is 70.8 Å². The molecule has 1 fully saturated rings. The van der Waals surface area contributed by atoms with E-state index in [2.05, 4.69) is 0 Å². The van der Waals surface area contributed by atoms with Crippen molar-refractivity contribution in [2.24, 2.45) is 0 Å². The van der Waals surface area contributed by atoms with Crippen LogP contribution in [-0.2, 0) is 4.84 Å². The molecule has 0 radical (unpaired) electrons. The molecular weight excluding hydrogens is 164 g/mol. The Kier molecular flexibility index (Phi) is 2.49. The molecule has 0 N–H and O–H groups in total. The highest BCUT2D eigenvalue weighted by atomic mass is 19.3.